The lowest BCUT2D eigenvalue weighted by Crippen LogP contribution is -2.26. The first-order valence-corrected chi connectivity index (χ1v) is 6.26. The normalized spacial score (nSPS) is 26.1. The van der Waals surface area contributed by atoms with Crippen molar-refractivity contribution >= 4 is 0 Å². The maximum Gasteiger partial charge on any atom is 0.117 e. The minimum absolute atomic E-state index is 0.0918. The minimum Gasteiger partial charge on any atom is -0.380 e. The molecule has 2 aromatic rings. The van der Waals surface area contributed by atoms with Gasteiger partial charge in [0.1, 0.15) is 5.60 Å². The predicted molar refractivity (Wildman–Crippen MR) is 72.2 cm³/mol. The standard InChI is InChI=1S/C16H17NO/c1-11-6-2-4-8-13(11)16(18)10-15(17)12-7-3-5-9-14(12)16/h2-9,15,18H,10,17H2,1H3. The molecule has 0 spiro atoms. The van der Waals surface area contributed by atoms with Crippen LogP contribution >= 0.6 is 0 Å². The van der Waals surface area contributed by atoms with Crippen molar-refractivity contribution in [2.24, 2.45) is 5.73 Å². The number of nitrogens with two attached hydrogens (primary N) is 1. The summed E-state index contributed by atoms with van der Waals surface area (Å²) in [6.45, 7) is 2.03. The van der Waals surface area contributed by atoms with E-state index in [1.165, 1.54) is 0 Å². The molecule has 0 radical (unpaired) electrons. The highest BCUT2D eigenvalue weighted by atomic mass is 16.3. The zero-order valence-electron chi connectivity index (χ0n) is 10.4. The third kappa shape index (κ3) is 1.50. The fraction of sp³-hybridized carbons (Fsp3) is 0.250. The van der Waals surface area contributed by atoms with Crippen molar-refractivity contribution in [3.63, 3.8) is 0 Å². The van der Waals surface area contributed by atoms with E-state index < -0.39 is 5.60 Å². The molecular weight excluding hydrogens is 222 g/mol. The van der Waals surface area contributed by atoms with Crippen molar-refractivity contribution in [3.05, 3.63) is 70.8 Å². The molecule has 1 aliphatic rings. The Balaban J connectivity index is 2.21. The number of aryl methyl sites for hydroxylation is 1. The molecule has 3 rings (SSSR count). The van der Waals surface area contributed by atoms with Gasteiger partial charge in [0.2, 0.25) is 0 Å². The summed E-state index contributed by atoms with van der Waals surface area (Å²) in [5.41, 5.74) is 9.28. The van der Waals surface area contributed by atoms with E-state index in [2.05, 4.69) is 0 Å². The van der Waals surface area contributed by atoms with Crippen molar-refractivity contribution in [1.29, 1.82) is 0 Å². The van der Waals surface area contributed by atoms with Gasteiger partial charge < -0.3 is 10.8 Å². The molecule has 0 bridgehead atoms. The van der Waals surface area contributed by atoms with E-state index in [4.69, 9.17) is 5.73 Å². The summed E-state index contributed by atoms with van der Waals surface area (Å²) in [6.07, 6.45) is 0.553. The van der Waals surface area contributed by atoms with Gasteiger partial charge in [-0.1, -0.05) is 48.5 Å². The molecule has 18 heavy (non-hydrogen) atoms. The Morgan fingerprint density at radius 3 is 2.39 bits per heavy atom. The van der Waals surface area contributed by atoms with Crippen molar-refractivity contribution < 1.29 is 5.11 Å². The lowest BCUT2D eigenvalue weighted by Gasteiger charge is -2.26. The average molecular weight is 239 g/mol. The molecule has 2 atom stereocenters. The van der Waals surface area contributed by atoms with E-state index in [1.807, 2.05) is 55.5 Å². The molecule has 0 saturated carbocycles. The van der Waals surface area contributed by atoms with Gasteiger partial charge in [-0.25, -0.2) is 0 Å². The zero-order valence-corrected chi connectivity index (χ0v) is 10.4. The van der Waals surface area contributed by atoms with E-state index in [9.17, 15) is 5.11 Å². The summed E-state index contributed by atoms with van der Waals surface area (Å²) in [7, 11) is 0. The number of hydrogen-bond donors (Lipinski definition) is 2. The lowest BCUT2D eigenvalue weighted by atomic mass is 9.85. The monoisotopic (exact) mass is 239 g/mol. The fourth-order valence-corrected chi connectivity index (χ4v) is 3.03. The highest BCUT2D eigenvalue weighted by Crippen LogP contribution is 2.46. The molecule has 2 aromatic carbocycles. The highest BCUT2D eigenvalue weighted by molar-refractivity contribution is 5.49. The summed E-state index contributed by atoms with van der Waals surface area (Å²) in [4.78, 5) is 0. The van der Waals surface area contributed by atoms with Crippen LogP contribution in [0.25, 0.3) is 0 Å². The lowest BCUT2D eigenvalue weighted by molar-refractivity contribution is 0.0770. The van der Waals surface area contributed by atoms with Crippen LogP contribution in [-0.4, -0.2) is 5.11 Å². The van der Waals surface area contributed by atoms with E-state index in [-0.39, 0.29) is 6.04 Å². The first-order chi connectivity index (χ1) is 8.63. The van der Waals surface area contributed by atoms with E-state index in [0.717, 1.165) is 22.3 Å². The van der Waals surface area contributed by atoms with E-state index >= 15 is 0 Å². The molecule has 0 saturated heterocycles. The van der Waals surface area contributed by atoms with Gasteiger partial charge >= 0.3 is 0 Å². The third-order valence-corrected chi connectivity index (χ3v) is 3.91. The molecule has 2 heteroatoms. The van der Waals surface area contributed by atoms with Gasteiger partial charge in [-0.05, 0) is 29.2 Å². The average Bonchev–Trinajstić information content (AvgIpc) is 2.64. The van der Waals surface area contributed by atoms with Crippen molar-refractivity contribution in [2.75, 3.05) is 0 Å². The van der Waals surface area contributed by atoms with Crippen molar-refractivity contribution in [1.82, 2.24) is 0 Å². The molecule has 0 fully saturated rings. The summed E-state index contributed by atoms with van der Waals surface area (Å²) >= 11 is 0. The summed E-state index contributed by atoms with van der Waals surface area (Å²) in [5.74, 6) is 0. The van der Waals surface area contributed by atoms with Gasteiger partial charge in [-0.3, -0.25) is 0 Å². The molecular formula is C16H17NO. The van der Waals surface area contributed by atoms with E-state index in [0.29, 0.717) is 6.42 Å². The molecule has 2 nitrogen and oxygen atoms in total. The number of hydrogen-bond acceptors (Lipinski definition) is 2. The Kier molecular flexibility index (Phi) is 2.51. The Hall–Kier alpha value is -1.64. The highest BCUT2D eigenvalue weighted by Gasteiger charge is 2.42. The first-order valence-electron chi connectivity index (χ1n) is 6.26. The molecule has 0 aromatic heterocycles. The van der Waals surface area contributed by atoms with Crippen molar-refractivity contribution in [2.45, 2.75) is 25.0 Å². The smallest absolute Gasteiger partial charge is 0.117 e. The second kappa shape index (κ2) is 3.94. The van der Waals surface area contributed by atoms with Crippen LogP contribution in [0.5, 0.6) is 0 Å². The third-order valence-electron chi connectivity index (χ3n) is 3.91. The Bertz CT molecular complexity index is 593. The summed E-state index contributed by atoms with van der Waals surface area (Å²) in [5, 5.41) is 11.1. The number of benzene rings is 2. The first kappa shape index (κ1) is 11.5. The molecule has 2 unspecified atom stereocenters. The van der Waals surface area contributed by atoms with Gasteiger partial charge in [0.05, 0.1) is 0 Å². The van der Waals surface area contributed by atoms with Crippen LogP contribution in [0, 0.1) is 6.92 Å². The fourth-order valence-electron chi connectivity index (χ4n) is 3.03. The maximum atomic E-state index is 11.1. The van der Waals surface area contributed by atoms with Gasteiger partial charge in [0.25, 0.3) is 0 Å². The van der Waals surface area contributed by atoms with Crippen LogP contribution in [0.4, 0.5) is 0 Å². The quantitative estimate of drug-likeness (QED) is 0.803. The number of fused-ring (bicyclic) bond motifs is 1. The summed E-state index contributed by atoms with van der Waals surface area (Å²) < 4.78 is 0. The Morgan fingerprint density at radius 1 is 1.06 bits per heavy atom. The molecule has 0 amide bonds. The van der Waals surface area contributed by atoms with E-state index in [1.54, 1.807) is 0 Å². The topological polar surface area (TPSA) is 46.2 Å². The molecule has 1 aliphatic carbocycles. The second-order valence-corrected chi connectivity index (χ2v) is 5.07. The predicted octanol–water partition coefficient (Wildman–Crippen LogP) is 2.63. The Labute approximate surface area is 107 Å². The van der Waals surface area contributed by atoms with Crippen LogP contribution in [0.2, 0.25) is 0 Å². The Morgan fingerprint density at radius 2 is 1.67 bits per heavy atom. The van der Waals surface area contributed by atoms with Crippen molar-refractivity contribution in [3.8, 4) is 0 Å². The molecule has 92 valence electrons. The number of aliphatic hydroxyl groups is 1. The number of rotatable bonds is 1. The van der Waals surface area contributed by atoms with Crippen LogP contribution in [0.1, 0.15) is 34.7 Å². The van der Waals surface area contributed by atoms with Crippen LogP contribution in [-0.2, 0) is 5.60 Å². The van der Waals surface area contributed by atoms with Crippen LogP contribution in [0.3, 0.4) is 0 Å². The molecule has 3 N–H and O–H groups in total. The summed E-state index contributed by atoms with van der Waals surface area (Å²) in [6, 6.07) is 15.8. The largest absolute Gasteiger partial charge is 0.380 e. The van der Waals surface area contributed by atoms with Crippen LogP contribution in [0.15, 0.2) is 48.5 Å². The second-order valence-electron chi connectivity index (χ2n) is 5.07. The van der Waals surface area contributed by atoms with Gasteiger partial charge in [0, 0.05) is 12.5 Å². The molecule has 0 aliphatic heterocycles. The SMILES string of the molecule is Cc1ccccc1C1(O)CC(N)c2ccccc21. The van der Waals surface area contributed by atoms with Gasteiger partial charge in [0.15, 0.2) is 0 Å². The zero-order chi connectivity index (χ0) is 12.8. The minimum atomic E-state index is -0.943. The molecule has 0 heterocycles. The van der Waals surface area contributed by atoms with Gasteiger partial charge in [-0.2, -0.15) is 0 Å². The maximum absolute atomic E-state index is 11.1. The van der Waals surface area contributed by atoms with Gasteiger partial charge in [-0.15, -0.1) is 0 Å². The van der Waals surface area contributed by atoms with Crippen LogP contribution < -0.4 is 5.73 Å².